The van der Waals surface area contributed by atoms with Gasteiger partial charge in [-0.3, -0.25) is 10.1 Å². The average Bonchev–Trinajstić information content (AvgIpc) is 3.11. The zero-order valence-corrected chi connectivity index (χ0v) is 13.2. The Labute approximate surface area is 138 Å². The molecule has 2 heterocycles. The van der Waals surface area contributed by atoms with Crippen molar-refractivity contribution in [3.05, 3.63) is 70.1 Å². The first-order valence-electron chi connectivity index (χ1n) is 7.26. The zero-order chi connectivity index (χ0) is 17.3. The fraction of sp³-hybridized carbons (Fsp3) is 0.111. The van der Waals surface area contributed by atoms with Gasteiger partial charge in [0.15, 0.2) is 5.69 Å². The molecule has 0 fully saturated rings. The second-order valence-corrected chi connectivity index (χ2v) is 5.30. The maximum absolute atomic E-state index is 11.9. The van der Waals surface area contributed by atoms with Gasteiger partial charge in [-0.05, 0) is 24.3 Å². The Hall–Kier alpha value is -3.46. The number of furan rings is 1. The van der Waals surface area contributed by atoms with Crippen molar-refractivity contribution in [2.75, 3.05) is 0 Å². The second-order valence-electron chi connectivity index (χ2n) is 5.30. The number of benzene rings is 1. The molecular weight excluding hydrogens is 306 g/mol. The molecule has 6 nitrogen and oxygen atoms in total. The third-order valence-corrected chi connectivity index (χ3v) is 4.02. The van der Waals surface area contributed by atoms with Crippen molar-refractivity contribution in [1.29, 1.82) is 5.26 Å². The summed E-state index contributed by atoms with van der Waals surface area (Å²) in [6.45, 7) is 1.77. The molecule has 0 unspecified atom stereocenters. The largest absolute Gasteiger partial charge is 0.464 e. The highest BCUT2D eigenvalue weighted by Gasteiger charge is 2.37. The molecule has 0 radical (unpaired) electrons. The zero-order valence-electron chi connectivity index (χ0n) is 13.2. The molecule has 0 aliphatic rings. The molecular formula is C18H14N3O3+. The van der Waals surface area contributed by atoms with Crippen LogP contribution in [-0.4, -0.2) is 4.92 Å². The Bertz CT molecular complexity index is 956. The molecule has 1 aromatic carbocycles. The van der Waals surface area contributed by atoms with Gasteiger partial charge < -0.3 is 4.42 Å². The summed E-state index contributed by atoms with van der Waals surface area (Å²) in [5.41, 5.74) is 2.07. The van der Waals surface area contributed by atoms with Gasteiger partial charge >= 0.3 is 5.69 Å². The van der Waals surface area contributed by atoms with Crippen LogP contribution in [0.4, 0.5) is 5.69 Å². The lowest BCUT2D eigenvalue weighted by molar-refractivity contribution is -0.669. The Morgan fingerprint density at radius 1 is 1.21 bits per heavy atom. The first kappa shape index (κ1) is 15.4. The summed E-state index contributed by atoms with van der Waals surface area (Å²) in [4.78, 5) is 11.4. The van der Waals surface area contributed by atoms with E-state index in [1.54, 1.807) is 42.8 Å². The van der Waals surface area contributed by atoms with Crippen LogP contribution in [-0.2, 0) is 7.05 Å². The molecule has 0 spiro atoms. The van der Waals surface area contributed by atoms with Crippen LogP contribution < -0.4 is 4.57 Å². The normalized spacial score (nSPS) is 10.4. The number of pyridine rings is 1. The molecule has 118 valence electrons. The van der Waals surface area contributed by atoms with Gasteiger partial charge in [-0.2, -0.15) is 9.83 Å². The van der Waals surface area contributed by atoms with Crippen LogP contribution in [0.3, 0.4) is 0 Å². The highest BCUT2D eigenvalue weighted by atomic mass is 16.6. The number of nitrogens with zero attached hydrogens (tertiary/aromatic N) is 3. The topological polar surface area (TPSA) is 83.9 Å². The fourth-order valence-corrected chi connectivity index (χ4v) is 2.81. The van der Waals surface area contributed by atoms with E-state index in [9.17, 15) is 15.4 Å². The van der Waals surface area contributed by atoms with E-state index in [1.165, 1.54) is 6.26 Å². The van der Waals surface area contributed by atoms with Gasteiger partial charge in [0.05, 0.1) is 16.7 Å². The number of aromatic nitrogens is 1. The average molecular weight is 320 g/mol. The standard InChI is InChI=1S/C18H14N3O3/c1-12-14(11-19)16(15-9-6-10-24-15)18(21(22)23)17(20(12)2)13-7-4-3-5-8-13/h3-10H,1-2H3/q+1. The van der Waals surface area contributed by atoms with Crippen LogP contribution in [0.15, 0.2) is 53.1 Å². The number of nitriles is 1. The Morgan fingerprint density at radius 3 is 2.46 bits per heavy atom. The molecule has 2 aromatic heterocycles. The van der Waals surface area contributed by atoms with Gasteiger partial charge in [0.1, 0.15) is 30.0 Å². The summed E-state index contributed by atoms with van der Waals surface area (Å²) < 4.78 is 7.05. The maximum Gasteiger partial charge on any atom is 0.353 e. The van der Waals surface area contributed by atoms with Crippen molar-refractivity contribution in [2.45, 2.75) is 6.92 Å². The summed E-state index contributed by atoms with van der Waals surface area (Å²) >= 11 is 0. The summed E-state index contributed by atoms with van der Waals surface area (Å²) in [5, 5.41) is 21.4. The molecule has 0 bridgehead atoms. The monoisotopic (exact) mass is 320 g/mol. The van der Waals surface area contributed by atoms with E-state index >= 15 is 0 Å². The minimum absolute atomic E-state index is 0.138. The van der Waals surface area contributed by atoms with E-state index in [0.717, 1.165) is 0 Å². The van der Waals surface area contributed by atoms with E-state index in [0.29, 0.717) is 22.7 Å². The second kappa shape index (κ2) is 5.97. The third-order valence-electron chi connectivity index (χ3n) is 4.02. The van der Waals surface area contributed by atoms with Crippen molar-refractivity contribution in [3.63, 3.8) is 0 Å². The number of hydrogen-bond donors (Lipinski definition) is 0. The van der Waals surface area contributed by atoms with E-state index < -0.39 is 4.92 Å². The molecule has 3 rings (SSSR count). The lowest BCUT2D eigenvalue weighted by Gasteiger charge is -2.09. The Morgan fingerprint density at radius 2 is 1.92 bits per heavy atom. The van der Waals surface area contributed by atoms with Crippen LogP contribution in [0.2, 0.25) is 0 Å². The highest BCUT2D eigenvalue weighted by molar-refractivity contribution is 5.84. The third kappa shape index (κ3) is 2.32. The molecule has 0 atom stereocenters. The van der Waals surface area contributed by atoms with Crippen LogP contribution in [0.1, 0.15) is 11.3 Å². The Kier molecular flexibility index (Phi) is 3.84. The SMILES string of the molecule is Cc1c(C#N)c(-c2ccco2)c([N+](=O)[O-])c(-c2ccccc2)[n+]1C. The molecule has 0 N–H and O–H groups in total. The van der Waals surface area contributed by atoms with Gasteiger partial charge in [0.25, 0.3) is 5.69 Å². The van der Waals surface area contributed by atoms with Crippen molar-refractivity contribution in [3.8, 4) is 28.7 Å². The van der Waals surface area contributed by atoms with Crippen molar-refractivity contribution >= 4 is 5.69 Å². The van der Waals surface area contributed by atoms with E-state index in [4.69, 9.17) is 4.42 Å². The molecule has 0 saturated carbocycles. The predicted molar refractivity (Wildman–Crippen MR) is 86.9 cm³/mol. The molecule has 24 heavy (non-hydrogen) atoms. The van der Waals surface area contributed by atoms with Gasteiger partial charge in [0.2, 0.25) is 0 Å². The number of nitro groups is 1. The smallest absolute Gasteiger partial charge is 0.353 e. The van der Waals surface area contributed by atoms with Gasteiger partial charge in [-0.1, -0.05) is 18.2 Å². The summed E-state index contributed by atoms with van der Waals surface area (Å²) in [5.74, 6) is 0.305. The first-order chi connectivity index (χ1) is 11.6. The minimum atomic E-state index is -0.458. The maximum atomic E-state index is 11.9. The lowest BCUT2D eigenvalue weighted by atomic mass is 9.97. The summed E-state index contributed by atoms with van der Waals surface area (Å²) in [7, 11) is 1.72. The van der Waals surface area contributed by atoms with Crippen LogP contribution >= 0.6 is 0 Å². The van der Waals surface area contributed by atoms with Crippen molar-refractivity contribution in [1.82, 2.24) is 0 Å². The summed E-state index contributed by atoms with van der Waals surface area (Å²) in [6, 6.07) is 14.4. The molecule has 3 aromatic rings. The van der Waals surface area contributed by atoms with E-state index in [-0.39, 0.29) is 16.8 Å². The molecule has 0 amide bonds. The van der Waals surface area contributed by atoms with E-state index in [1.807, 2.05) is 18.2 Å². The van der Waals surface area contributed by atoms with Crippen molar-refractivity contribution in [2.24, 2.45) is 7.05 Å². The van der Waals surface area contributed by atoms with Crippen LogP contribution in [0.5, 0.6) is 0 Å². The molecule has 0 aliphatic heterocycles. The van der Waals surface area contributed by atoms with Crippen molar-refractivity contribution < 1.29 is 13.9 Å². The Balaban J connectivity index is 2.52. The minimum Gasteiger partial charge on any atom is -0.464 e. The van der Waals surface area contributed by atoms with Crippen LogP contribution in [0.25, 0.3) is 22.6 Å². The molecule has 0 saturated heterocycles. The highest BCUT2D eigenvalue weighted by Crippen LogP contribution is 2.39. The van der Waals surface area contributed by atoms with E-state index in [2.05, 4.69) is 6.07 Å². The number of rotatable bonds is 3. The van der Waals surface area contributed by atoms with Gasteiger partial charge in [0, 0.05) is 6.92 Å². The fourth-order valence-electron chi connectivity index (χ4n) is 2.81. The molecule has 0 aliphatic carbocycles. The predicted octanol–water partition coefficient (Wildman–Crippen LogP) is 3.53. The van der Waals surface area contributed by atoms with Crippen LogP contribution in [0, 0.1) is 28.4 Å². The summed E-state index contributed by atoms with van der Waals surface area (Å²) in [6.07, 6.45) is 1.44. The lowest BCUT2D eigenvalue weighted by Crippen LogP contribution is -2.37. The van der Waals surface area contributed by atoms with Gasteiger partial charge in [-0.15, -0.1) is 0 Å². The molecule has 6 heteroatoms. The first-order valence-corrected chi connectivity index (χ1v) is 7.26. The quantitative estimate of drug-likeness (QED) is 0.420. The number of hydrogen-bond acceptors (Lipinski definition) is 4. The van der Waals surface area contributed by atoms with Gasteiger partial charge in [-0.25, -0.2) is 0 Å².